The van der Waals surface area contributed by atoms with E-state index >= 15 is 0 Å². The zero-order valence-electron chi connectivity index (χ0n) is 9.11. The minimum atomic E-state index is 0.651. The van der Waals surface area contributed by atoms with Crippen molar-refractivity contribution in [2.45, 2.75) is 18.3 Å². The Morgan fingerprint density at radius 1 is 1.12 bits per heavy atom. The van der Waals surface area contributed by atoms with Crippen LogP contribution in [-0.4, -0.2) is 18.1 Å². The smallest absolute Gasteiger partial charge is 0.0705 e. The van der Waals surface area contributed by atoms with E-state index in [1.807, 2.05) is 0 Å². The molecule has 2 heterocycles. The summed E-state index contributed by atoms with van der Waals surface area (Å²) < 4.78 is 0. The second-order valence-electron chi connectivity index (χ2n) is 4.94. The summed E-state index contributed by atoms with van der Waals surface area (Å²) in [5, 5.41) is 4.79. The SMILES string of the molecule is c1ccc2nc3c(cc2c1)C1CNCC3C1. The van der Waals surface area contributed by atoms with Crippen molar-refractivity contribution in [3.63, 3.8) is 0 Å². The molecule has 2 atom stereocenters. The highest BCUT2D eigenvalue weighted by Crippen LogP contribution is 2.43. The molecule has 0 saturated carbocycles. The minimum absolute atomic E-state index is 0.651. The van der Waals surface area contributed by atoms with Crippen LogP contribution >= 0.6 is 0 Å². The van der Waals surface area contributed by atoms with Crippen LogP contribution in [0.5, 0.6) is 0 Å². The van der Waals surface area contributed by atoms with Crippen molar-refractivity contribution in [3.05, 3.63) is 41.6 Å². The molecule has 80 valence electrons. The van der Waals surface area contributed by atoms with Gasteiger partial charge in [-0.2, -0.15) is 0 Å². The summed E-state index contributed by atoms with van der Waals surface area (Å²) in [6.45, 7) is 2.23. The molecule has 4 rings (SSSR count). The van der Waals surface area contributed by atoms with E-state index in [2.05, 4.69) is 35.6 Å². The maximum atomic E-state index is 4.86. The Labute approximate surface area is 94.7 Å². The van der Waals surface area contributed by atoms with Gasteiger partial charge >= 0.3 is 0 Å². The van der Waals surface area contributed by atoms with Gasteiger partial charge in [-0.15, -0.1) is 0 Å². The number of benzene rings is 1. The molecule has 1 N–H and O–H groups in total. The number of hydrogen-bond acceptors (Lipinski definition) is 2. The quantitative estimate of drug-likeness (QED) is 0.722. The summed E-state index contributed by atoms with van der Waals surface area (Å²) in [5.74, 6) is 1.35. The molecule has 2 heteroatoms. The van der Waals surface area contributed by atoms with E-state index in [9.17, 15) is 0 Å². The third kappa shape index (κ3) is 1.08. The van der Waals surface area contributed by atoms with Crippen LogP contribution in [0.1, 0.15) is 29.5 Å². The molecule has 1 aromatic heterocycles. The number of aromatic nitrogens is 1. The Morgan fingerprint density at radius 2 is 2.00 bits per heavy atom. The number of hydrogen-bond donors (Lipinski definition) is 1. The van der Waals surface area contributed by atoms with Gasteiger partial charge in [0.15, 0.2) is 0 Å². The third-order valence-electron chi connectivity index (χ3n) is 3.96. The van der Waals surface area contributed by atoms with E-state index in [0.29, 0.717) is 11.8 Å². The average Bonchev–Trinajstić information content (AvgIpc) is 2.59. The van der Waals surface area contributed by atoms with Crippen molar-refractivity contribution in [1.29, 1.82) is 0 Å². The van der Waals surface area contributed by atoms with E-state index in [0.717, 1.165) is 18.6 Å². The molecule has 1 aromatic carbocycles. The molecule has 1 aliphatic carbocycles. The van der Waals surface area contributed by atoms with E-state index in [1.54, 1.807) is 0 Å². The highest BCUT2D eigenvalue weighted by molar-refractivity contribution is 5.80. The zero-order chi connectivity index (χ0) is 10.5. The number of rotatable bonds is 0. The summed E-state index contributed by atoms with van der Waals surface area (Å²) >= 11 is 0. The zero-order valence-corrected chi connectivity index (χ0v) is 9.11. The van der Waals surface area contributed by atoms with Crippen LogP contribution in [0.3, 0.4) is 0 Å². The van der Waals surface area contributed by atoms with Crippen molar-refractivity contribution >= 4 is 10.9 Å². The Morgan fingerprint density at radius 3 is 3.00 bits per heavy atom. The van der Waals surface area contributed by atoms with Crippen molar-refractivity contribution < 1.29 is 0 Å². The second kappa shape index (κ2) is 3.05. The van der Waals surface area contributed by atoms with Crippen LogP contribution in [0.2, 0.25) is 0 Å². The molecular formula is C14H14N2. The third-order valence-corrected chi connectivity index (χ3v) is 3.96. The Kier molecular flexibility index (Phi) is 1.66. The van der Waals surface area contributed by atoms with Gasteiger partial charge in [-0.1, -0.05) is 18.2 Å². The number of nitrogens with zero attached hydrogens (tertiary/aromatic N) is 1. The van der Waals surface area contributed by atoms with Crippen molar-refractivity contribution in [3.8, 4) is 0 Å². The lowest BCUT2D eigenvalue weighted by molar-refractivity contribution is 0.451. The lowest BCUT2D eigenvalue weighted by atomic mass is 9.98. The molecule has 1 saturated heterocycles. The van der Waals surface area contributed by atoms with Crippen molar-refractivity contribution in [1.82, 2.24) is 10.3 Å². The maximum Gasteiger partial charge on any atom is 0.0705 e. The van der Waals surface area contributed by atoms with E-state index < -0.39 is 0 Å². The van der Waals surface area contributed by atoms with Gasteiger partial charge in [-0.05, 0) is 30.0 Å². The van der Waals surface area contributed by atoms with E-state index in [-0.39, 0.29) is 0 Å². The van der Waals surface area contributed by atoms with Gasteiger partial charge in [0.05, 0.1) is 5.52 Å². The van der Waals surface area contributed by atoms with Gasteiger partial charge in [0.2, 0.25) is 0 Å². The second-order valence-corrected chi connectivity index (χ2v) is 4.94. The van der Waals surface area contributed by atoms with Crippen LogP contribution in [0, 0.1) is 0 Å². The molecule has 2 aliphatic rings. The van der Waals surface area contributed by atoms with Gasteiger partial charge in [0.25, 0.3) is 0 Å². The summed E-state index contributed by atoms with van der Waals surface area (Å²) in [4.78, 5) is 4.86. The largest absolute Gasteiger partial charge is 0.315 e. The van der Waals surface area contributed by atoms with Crippen LogP contribution in [0.4, 0.5) is 0 Å². The van der Waals surface area contributed by atoms with Crippen LogP contribution in [0.25, 0.3) is 10.9 Å². The first-order valence-electron chi connectivity index (χ1n) is 6.02. The lowest BCUT2D eigenvalue weighted by Crippen LogP contribution is -2.28. The fourth-order valence-electron chi connectivity index (χ4n) is 3.19. The van der Waals surface area contributed by atoms with E-state index in [4.69, 9.17) is 4.98 Å². The molecule has 0 amide bonds. The van der Waals surface area contributed by atoms with Gasteiger partial charge in [-0.25, -0.2) is 0 Å². The van der Waals surface area contributed by atoms with Crippen LogP contribution < -0.4 is 5.32 Å². The summed E-state index contributed by atoms with van der Waals surface area (Å²) in [6, 6.07) is 10.8. The fraction of sp³-hybridized carbons (Fsp3) is 0.357. The highest BCUT2D eigenvalue weighted by atomic mass is 14.9. The average molecular weight is 210 g/mol. The predicted octanol–water partition coefficient (Wildman–Crippen LogP) is 2.41. The Hall–Kier alpha value is -1.41. The van der Waals surface area contributed by atoms with Gasteiger partial charge in [0.1, 0.15) is 0 Å². The maximum absolute atomic E-state index is 4.86. The monoisotopic (exact) mass is 210 g/mol. The number of pyridine rings is 1. The summed E-state index contributed by atoms with van der Waals surface area (Å²) in [7, 11) is 0. The number of nitrogens with one attached hydrogen (secondary N) is 1. The van der Waals surface area contributed by atoms with Gasteiger partial charge < -0.3 is 5.32 Å². The number of para-hydroxylation sites is 1. The number of piperidine rings is 1. The van der Waals surface area contributed by atoms with Gasteiger partial charge in [0, 0.05) is 30.1 Å². The Bertz CT molecular complexity index is 513. The topological polar surface area (TPSA) is 24.9 Å². The highest BCUT2D eigenvalue weighted by Gasteiger charge is 2.35. The summed E-state index contributed by atoms with van der Waals surface area (Å²) in [5.41, 5.74) is 4.00. The normalized spacial score (nSPS) is 27.0. The fourth-order valence-corrected chi connectivity index (χ4v) is 3.19. The first-order chi connectivity index (χ1) is 7.92. The predicted molar refractivity (Wildman–Crippen MR) is 64.7 cm³/mol. The Balaban J connectivity index is 2.01. The van der Waals surface area contributed by atoms with Crippen LogP contribution in [-0.2, 0) is 0 Å². The standard InChI is InChI=1S/C14H14N2/c1-2-4-13-9(3-1)6-12-10-5-11(8-15-7-10)14(12)16-13/h1-4,6,10-11,15H,5,7-8H2. The van der Waals surface area contributed by atoms with Crippen molar-refractivity contribution in [2.24, 2.45) is 0 Å². The molecule has 16 heavy (non-hydrogen) atoms. The first-order valence-corrected chi connectivity index (χ1v) is 6.02. The molecule has 1 fully saturated rings. The summed E-state index contributed by atoms with van der Waals surface area (Å²) in [6.07, 6.45) is 1.30. The molecule has 2 nitrogen and oxygen atoms in total. The molecule has 2 bridgehead atoms. The van der Waals surface area contributed by atoms with Crippen LogP contribution in [0.15, 0.2) is 30.3 Å². The minimum Gasteiger partial charge on any atom is -0.315 e. The van der Waals surface area contributed by atoms with Crippen molar-refractivity contribution in [2.75, 3.05) is 13.1 Å². The molecule has 2 unspecified atom stereocenters. The van der Waals surface area contributed by atoms with E-state index in [1.165, 1.54) is 23.1 Å². The molecule has 0 spiro atoms. The molecule has 0 radical (unpaired) electrons. The number of fused-ring (bicyclic) bond motifs is 6. The molecule has 2 aromatic rings. The first kappa shape index (κ1) is 8.71. The molecular weight excluding hydrogens is 196 g/mol. The molecule has 1 aliphatic heterocycles. The van der Waals surface area contributed by atoms with Gasteiger partial charge in [-0.3, -0.25) is 4.98 Å². The lowest BCUT2D eigenvalue weighted by Gasteiger charge is -2.19.